The third kappa shape index (κ3) is 5.59. The maximum Gasteiger partial charge on any atom is -0.0140 e. The van der Waals surface area contributed by atoms with Crippen molar-refractivity contribution >= 4 is 0 Å². The van der Waals surface area contributed by atoms with E-state index in [2.05, 4.69) is 12.5 Å². The van der Waals surface area contributed by atoms with Gasteiger partial charge in [0.05, 0.1) is 0 Å². The summed E-state index contributed by atoms with van der Waals surface area (Å²) >= 11 is 0. The molecule has 0 saturated heterocycles. The Labute approximate surface area is 114 Å². The number of rotatable bonds is 6. The first-order valence-electron chi connectivity index (χ1n) is 8.36. The van der Waals surface area contributed by atoms with Gasteiger partial charge in [0.15, 0.2) is 0 Å². The van der Waals surface area contributed by atoms with E-state index in [4.69, 9.17) is 0 Å². The van der Waals surface area contributed by atoms with E-state index in [1.165, 1.54) is 89.9 Å². The Kier molecular flexibility index (Phi) is 6.90. The van der Waals surface area contributed by atoms with Crippen LogP contribution >= 0.6 is 0 Å². The summed E-state index contributed by atoms with van der Waals surface area (Å²) in [5.74, 6) is 0.834. The molecule has 0 amide bonds. The SMILES string of the molecule is [C]1CCCCCC1CCCCCC=C1CCCC1. The maximum atomic E-state index is 3.71. The number of allylic oxidation sites excluding steroid dienone is 2. The molecule has 0 nitrogen and oxygen atoms in total. The Morgan fingerprint density at radius 1 is 0.944 bits per heavy atom. The quantitative estimate of drug-likeness (QED) is 0.302. The van der Waals surface area contributed by atoms with Crippen LogP contribution in [-0.2, 0) is 0 Å². The van der Waals surface area contributed by atoms with E-state index in [1.54, 1.807) is 5.57 Å². The predicted molar refractivity (Wildman–Crippen MR) is 79.5 cm³/mol. The van der Waals surface area contributed by atoms with Crippen LogP contribution in [0.2, 0.25) is 0 Å². The van der Waals surface area contributed by atoms with Crippen LogP contribution in [0.4, 0.5) is 0 Å². The monoisotopic (exact) mass is 246 g/mol. The molecular weight excluding hydrogens is 216 g/mol. The minimum Gasteiger partial charge on any atom is -0.0853 e. The molecule has 0 bridgehead atoms. The Balaban J connectivity index is 1.46. The molecule has 1 atom stereocenters. The second-order valence-corrected chi connectivity index (χ2v) is 6.21. The van der Waals surface area contributed by atoms with Gasteiger partial charge in [0, 0.05) is 0 Å². The molecule has 1 unspecified atom stereocenters. The van der Waals surface area contributed by atoms with Crippen LogP contribution in [0.25, 0.3) is 0 Å². The lowest BCUT2D eigenvalue weighted by molar-refractivity contribution is 0.472. The standard InChI is InChI=1S/C18H30/c1-2-6-12-17(11-5-1)13-7-3-4-8-14-18-15-9-10-16-18/h14,17H,1-11,13,15-16H2. The van der Waals surface area contributed by atoms with E-state index in [0.717, 1.165) is 5.92 Å². The zero-order chi connectivity index (χ0) is 12.5. The van der Waals surface area contributed by atoms with Crippen LogP contribution in [0.3, 0.4) is 0 Å². The second-order valence-electron chi connectivity index (χ2n) is 6.21. The van der Waals surface area contributed by atoms with Gasteiger partial charge in [0.25, 0.3) is 0 Å². The summed E-state index contributed by atoms with van der Waals surface area (Å²) in [6.45, 7) is 0. The normalized spacial score (nSPS) is 22.1. The molecule has 2 radical (unpaired) electrons. The summed E-state index contributed by atoms with van der Waals surface area (Å²) in [6.07, 6.45) is 25.9. The topological polar surface area (TPSA) is 0 Å². The van der Waals surface area contributed by atoms with Crippen LogP contribution in [0, 0.1) is 12.3 Å². The van der Waals surface area contributed by atoms with Crippen LogP contribution in [0.15, 0.2) is 11.6 Å². The maximum absolute atomic E-state index is 3.71. The van der Waals surface area contributed by atoms with Crippen molar-refractivity contribution in [1.29, 1.82) is 0 Å². The second kappa shape index (κ2) is 8.77. The average Bonchev–Trinajstić information content (AvgIpc) is 2.76. The fraction of sp³-hybridized carbons (Fsp3) is 0.833. The van der Waals surface area contributed by atoms with Crippen LogP contribution in [0.5, 0.6) is 0 Å². The van der Waals surface area contributed by atoms with E-state index in [-0.39, 0.29) is 0 Å². The van der Waals surface area contributed by atoms with Gasteiger partial charge in [-0.2, -0.15) is 0 Å². The summed E-state index contributed by atoms with van der Waals surface area (Å²) < 4.78 is 0. The molecule has 2 fully saturated rings. The fourth-order valence-electron chi connectivity index (χ4n) is 3.40. The predicted octanol–water partition coefficient (Wildman–Crippen LogP) is 6.10. The van der Waals surface area contributed by atoms with E-state index in [0.29, 0.717) is 0 Å². The highest BCUT2D eigenvalue weighted by Crippen LogP contribution is 2.27. The largest absolute Gasteiger partial charge is 0.0853 e. The van der Waals surface area contributed by atoms with Crippen molar-refractivity contribution in [3.63, 3.8) is 0 Å². The highest BCUT2D eigenvalue weighted by atomic mass is 14.2. The molecular formula is C18H30. The van der Waals surface area contributed by atoms with Gasteiger partial charge in [-0.1, -0.05) is 43.8 Å². The van der Waals surface area contributed by atoms with E-state index < -0.39 is 0 Å². The van der Waals surface area contributed by atoms with Gasteiger partial charge in [-0.25, -0.2) is 0 Å². The van der Waals surface area contributed by atoms with Gasteiger partial charge >= 0.3 is 0 Å². The summed E-state index contributed by atoms with van der Waals surface area (Å²) in [4.78, 5) is 0. The van der Waals surface area contributed by atoms with Crippen molar-refractivity contribution in [1.82, 2.24) is 0 Å². The molecule has 2 aliphatic carbocycles. The van der Waals surface area contributed by atoms with Crippen molar-refractivity contribution in [2.24, 2.45) is 5.92 Å². The van der Waals surface area contributed by atoms with Gasteiger partial charge in [0.1, 0.15) is 0 Å². The van der Waals surface area contributed by atoms with Gasteiger partial charge in [-0.05, 0) is 70.1 Å². The number of hydrogen-bond donors (Lipinski definition) is 0. The third-order valence-electron chi connectivity index (χ3n) is 4.60. The molecule has 102 valence electrons. The molecule has 0 aromatic carbocycles. The molecule has 2 aliphatic rings. The van der Waals surface area contributed by atoms with Crippen LogP contribution in [-0.4, -0.2) is 0 Å². The lowest BCUT2D eigenvalue weighted by Gasteiger charge is -2.12. The molecule has 0 spiro atoms. The molecule has 2 saturated carbocycles. The summed E-state index contributed by atoms with van der Waals surface area (Å²) in [5.41, 5.74) is 1.75. The van der Waals surface area contributed by atoms with Gasteiger partial charge < -0.3 is 0 Å². The third-order valence-corrected chi connectivity index (χ3v) is 4.60. The number of hydrogen-bond acceptors (Lipinski definition) is 0. The summed E-state index contributed by atoms with van der Waals surface area (Å²) in [5, 5.41) is 0. The van der Waals surface area contributed by atoms with Crippen LogP contribution < -0.4 is 0 Å². The Hall–Kier alpha value is -0.260. The van der Waals surface area contributed by atoms with Crippen molar-refractivity contribution in [2.45, 2.75) is 89.9 Å². The summed E-state index contributed by atoms with van der Waals surface area (Å²) in [7, 11) is 0. The van der Waals surface area contributed by atoms with Gasteiger partial charge in [0.2, 0.25) is 0 Å². The summed E-state index contributed by atoms with van der Waals surface area (Å²) in [6, 6.07) is 0. The molecule has 0 N–H and O–H groups in total. The molecule has 18 heavy (non-hydrogen) atoms. The highest BCUT2D eigenvalue weighted by Gasteiger charge is 2.12. The molecule has 0 aromatic heterocycles. The minimum absolute atomic E-state index is 0.834. The first-order valence-corrected chi connectivity index (χ1v) is 8.36. The molecule has 0 aromatic rings. The smallest absolute Gasteiger partial charge is 0.0140 e. The Morgan fingerprint density at radius 2 is 1.83 bits per heavy atom. The zero-order valence-electron chi connectivity index (χ0n) is 12.1. The van der Waals surface area contributed by atoms with Crippen molar-refractivity contribution < 1.29 is 0 Å². The molecule has 0 heterocycles. The number of unbranched alkanes of at least 4 members (excludes halogenated alkanes) is 3. The Morgan fingerprint density at radius 3 is 2.72 bits per heavy atom. The highest BCUT2D eigenvalue weighted by molar-refractivity contribution is 5.05. The molecule has 0 aliphatic heterocycles. The van der Waals surface area contributed by atoms with Crippen molar-refractivity contribution in [3.05, 3.63) is 18.1 Å². The minimum atomic E-state index is 0.834. The van der Waals surface area contributed by atoms with Crippen molar-refractivity contribution in [3.8, 4) is 0 Å². The van der Waals surface area contributed by atoms with E-state index in [9.17, 15) is 0 Å². The first-order chi connectivity index (χ1) is 8.95. The fourth-order valence-corrected chi connectivity index (χ4v) is 3.40. The first kappa shape index (κ1) is 14.2. The lowest BCUT2D eigenvalue weighted by Crippen LogP contribution is -1.99. The average molecular weight is 246 g/mol. The lowest BCUT2D eigenvalue weighted by atomic mass is 9.93. The molecule has 2 rings (SSSR count). The Bertz CT molecular complexity index is 222. The van der Waals surface area contributed by atoms with E-state index in [1.807, 2.05) is 0 Å². The van der Waals surface area contributed by atoms with Crippen molar-refractivity contribution in [2.75, 3.05) is 0 Å². The van der Waals surface area contributed by atoms with Crippen LogP contribution in [0.1, 0.15) is 89.9 Å². The molecule has 0 heteroatoms. The van der Waals surface area contributed by atoms with Gasteiger partial charge in [-0.15, -0.1) is 0 Å². The van der Waals surface area contributed by atoms with Gasteiger partial charge in [-0.3, -0.25) is 0 Å². The zero-order valence-corrected chi connectivity index (χ0v) is 12.1. The van der Waals surface area contributed by atoms with E-state index >= 15 is 0 Å².